The molecule has 8 nitrogen and oxygen atoms in total. The second-order valence-electron chi connectivity index (χ2n) is 8.07. The van der Waals surface area contributed by atoms with E-state index in [-0.39, 0.29) is 40.1 Å². The average molecular weight is 503 g/mol. The number of halogens is 4. The first-order valence-electron chi connectivity index (χ1n) is 10.5. The van der Waals surface area contributed by atoms with E-state index in [1.165, 1.54) is 31.6 Å². The number of hydrogen-bond acceptors (Lipinski definition) is 8. The minimum Gasteiger partial charge on any atom is -0.506 e. The zero-order valence-electron chi connectivity index (χ0n) is 18.3. The number of ether oxygens (including phenoxy) is 1. The molecule has 0 aliphatic carbocycles. The highest BCUT2D eigenvalue weighted by atomic mass is 35.5. The van der Waals surface area contributed by atoms with Crippen LogP contribution in [0.2, 0.25) is 5.02 Å². The number of nitrogen functional groups attached to an aromatic ring is 1. The van der Waals surface area contributed by atoms with Crippen LogP contribution >= 0.6 is 11.6 Å². The summed E-state index contributed by atoms with van der Waals surface area (Å²) in [6.45, 7) is 2.24. The molecular formula is C23H18ClF3N6O2. The number of nitrogens with zero attached hydrogens (tertiary/aromatic N) is 5. The fourth-order valence-electron chi connectivity index (χ4n) is 4.25. The van der Waals surface area contributed by atoms with Gasteiger partial charge in [0.15, 0.2) is 5.75 Å². The Hall–Kier alpha value is -3.86. The van der Waals surface area contributed by atoms with Crippen LogP contribution < -0.4 is 15.4 Å². The van der Waals surface area contributed by atoms with Gasteiger partial charge in [0.1, 0.15) is 30.3 Å². The molecule has 4 aromatic rings. The molecule has 0 atom stereocenters. The van der Waals surface area contributed by atoms with E-state index in [0.29, 0.717) is 29.8 Å². The minimum atomic E-state index is -4.68. The molecule has 5 rings (SSSR count). The van der Waals surface area contributed by atoms with Crippen molar-refractivity contribution in [3.05, 3.63) is 58.6 Å². The topological polar surface area (TPSA) is 110 Å². The Morgan fingerprint density at radius 3 is 2.74 bits per heavy atom. The van der Waals surface area contributed by atoms with Gasteiger partial charge >= 0.3 is 6.18 Å². The van der Waals surface area contributed by atoms with Crippen LogP contribution in [0.25, 0.3) is 22.2 Å². The van der Waals surface area contributed by atoms with Crippen molar-refractivity contribution in [1.82, 2.24) is 19.9 Å². The lowest BCUT2D eigenvalue weighted by molar-refractivity contribution is -0.137. The number of nitrogens with two attached hydrogens (primary N) is 1. The Morgan fingerprint density at radius 2 is 2.00 bits per heavy atom. The van der Waals surface area contributed by atoms with Gasteiger partial charge in [0.25, 0.3) is 0 Å². The summed E-state index contributed by atoms with van der Waals surface area (Å²) in [5, 5.41) is 10.2. The van der Waals surface area contributed by atoms with Crippen LogP contribution in [0.4, 0.5) is 24.8 Å². The van der Waals surface area contributed by atoms with Gasteiger partial charge in [-0.1, -0.05) is 11.6 Å². The third kappa shape index (κ3) is 4.12. The predicted octanol–water partition coefficient (Wildman–Crippen LogP) is 4.75. The summed E-state index contributed by atoms with van der Waals surface area (Å²) in [4.78, 5) is 18.6. The first-order chi connectivity index (χ1) is 16.6. The van der Waals surface area contributed by atoms with Crippen molar-refractivity contribution < 1.29 is 23.0 Å². The van der Waals surface area contributed by atoms with Crippen molar-refractivity contribution in [2.24, 2.45) is 0 Å². The number of benzene rings is 1. The summed E-state index contributed by atoms with van der Waals surface area (Å²) >= 11 is 6.67. The molecule has 0 fully saturated rings. The lowest BCUT2D eigenvalue weighted by atomic mass is 9.99. The van der Waals surface area contributed by atoms with Gasteiger partial charge in [-0.15, -0.1) is 0 Å². The molecule has 1 aliphatic rings. The number of aromatic nitrogens is 4. The van der Waals surface area contributed by atoms with Gasteiger partial charge in [-0.05, 0) is 36.2 Å². The maximum Gasteiger partial charge on any atom is 0.418 e. The lowest BCUT2D eigenvalue weighted by Crippen LogP contribution is -2.27. The molecule has 35 heavy (non-hydrogen) atoms. The van der Waals surface area contributed by atoms with Crippen molar-refractivity contribution in [2.45, 2.75) is 19.6 Å². The average Bonchev–Trinajstić information content (AvgIpc) is 2.95. The summed E-state index contributed by atoms with van der Waals surface area (Å²) < 4.78 is 47.8. The summed E-state index contributed by atoms with van der Waals surface area (Å²) in [6, 6.07) is 4.19. The molecular weight excluding hydrogens is 485 g/mol. The van der Waals surface area contributed by atoms with E-state index in [1.807, 2.05) is 4.90 Å². The molecule has 3 aromatic heterocycles. The molecule has 1 aromatic carbocycles. The summed E-state index contributed by atoms with van der Waals surface area (Å²) in [7, 11) is 0. The molecule has 0 amide bonds. The van der Waals surface area contributed by atoms with Crippen LogP contribution in [0.3, 0.4) is 0 Å². The first kappa shape index (κ1) is 22.9. The van der Waals surface area contributed by atoms with Gasteiger partial charge in [0.2, 0.25) is 0 Å². The molecule has 0 radical (unpaired) electrons. The molecule has 0 saturated carbocycles. The number of pyridine rings is 2. The van der Waals surface area contributed by atoms with E-state index in [2.05, 4.69) is 19.9 Å². The van der Waals surface area contributed by atoms with E-state index in [1.54, 1.807) is 12.3 Å². The number of aryl methyl sites for hydroxylation is 1. The molecule has 0 bridgehead atoms. The van der Waals surface area contributed by atoms with Gasteiger partial charge < -0.3 is 20.5 Å². The third-order valence-corrected chi connectivity index (χ3v) is 6.01. The van der Waals surface area contributed by atoms with E-state index in [4.69, 9.17) is 22.1 Å². The standard InChI is InChI=1S/C23H18ClF3N6O2/c1-11-4-16(28)32-20(18(11)23(25,26)27)14-6-15-17-21(19(14)24)35-3-2-33(22(17)31-10-30-15)9-12-5-13(34)8-29-7-12/h4-8,10,34H,2-3,9H2,1H3,(H2,28,32). The highest BCUT2D eigenvalue weighted by Crippen LogP contribution is 2.48. The summed E-state index contributed by atoms with van der Waals surface area (Å²) in [5.41, 5.74) is 5.47. The van der Waals surface area contributed by atoms with Crippen molar-refractivity contribution in [3.8, 4) is 22.8 Å². The van der Waals surface area contributed by atoms with E-state index < -0.39 is 17.4 Å². The Labute approximate surface area is 202 Å². The van der Waals surface area contributed by atoms with Crippen LogP contribution in [0.15, 0.2) is 36.9 Å². The van der Waals surface area contributed by atoms with E-state index in [0.717, 1.165) is 5.56 Å². The van der Waals surface area contributed by atoms with Crippen LogP contribution in [0.5, 0.6) is 11.5 Å². The second-order valence-corrected chi connectivity index (χ2v) is 8.44. The Balaban J connectivity index is 1.71. The predicted molar refractivity (Wildman–Crippen MR) is 124 cm³/mol. The highest BCUT2D eigenvalue weighted by molar-refractivity contribution is 6.36. The molecule has 180 valence electrons. The quantitative estimate of drug-likeness (QED) is 0.413. The van der Waals surface area contributed by atoms with E-state index in [9.17, 15) is 18.3 Å². The van der Waals surface area contributed by atoms with Crippen molar-refractivity contribution in [2.75, 3.05) is 23.8 Å². The SMILES string of the molecule is Cc1cc(N)nc(-c2cc3ncnc4c3c(c2Cl)OCCN4Cc2cncc(O)c2)c1C(F)(F)F. The number of hydrogen-bond donors (Lipinski definition) is 2. The monoisotopic (exact) mass is 502 g/mol. The molecule has 4 heterocycles. The van der Waals surface area contributed by atoms with Crippen molar-refractivity contribution in [3.63, 3.8) is 0 Å². The minimum absolute atomic E-state index is 0.00664. The highest BCUT2D eigenvalue weighted by Gasteiger charge is 2.38. The Morgan fingerprint density at radius 1 is 1.20 bits per heavy atom. The lowest BCUT2D eigenvalue weighted by Gasteiger charge is -2.22. The molecule has 0 saturated heterocycles. The van der Waals surface area contributed by atoms with Gasteiger partial charge in [0, 0.05) is 18.3 Å². The molecule has 12 heteroatoms. The first-order valence-corrected chi connectivity index (χ1v) is 10.8. The summed E-state index contributed by atoms with van der Waals surface area (Å²) in [5.74, 6) is 0.621. The Bertz CT molecular complexity index is 1460. The number of aromatic hydroxyl groups is 1. The van der Waals surface area contributed by atoms with Crippen molar-refractivity contribution >= 4 is 34.1 Å². The van der Waals surface area contributed by atoms with Crippen LogP contribution in [0.1, 0.15) is 16.7 Å². The fourth-order valence-corrected chi connectivity index (χ4v) is 4.54. The molecule has 1 aliphatic heterocycles. The second kappa shape index (κ2) is 8.42. The zero-order chi connectivity index (χ0) is 24.9. The van der Waals surface area contributed by atoms with Gasteiger partial charge in [-0.25, -0.2) is 15.0 Å². The zero-order valence-corrected chi connectivity index (χ0v) is 19.0. The molecule has 0 unspecified atom stereocenters. The van der Waals surface area contributed by atoms with Crippen LogP contribution in [-0.4, -0.2) is 38.2 Å². The molecule has 0 spiro atoms. The van der Waals surface area contributed by atoms with E-state index >= 15 is 0 Å². The fraction of sp³-hybridized carbons (Fsp3) is 0.217. The maximum absolute atomic E-state index is 14.0. The van der Waals surface area contributed by atoms with Crippen LogP contribution in [0, 0.1) is 6.92 Å². The third-order valence-electron chi connectivity index (χ3n) is 5.64. The number of rotatable bonds is 3. The molecule has 3 N–H and O–H groups in total. The van der Waals surface area contributed by atoms with Gasteiger partial charge in [-0.3, -0.25) is 4.98 Å². The summed E-state index contributed by atoms with van der Waals surface area (Å²) in [6.07, 6.45) is -0.416. The maximum atomic E-state index is 14.0. The largest absolute Gasteiger partial charge is 0.506 e. The number of alkyl halides is 3. The smallest absolute Gasteiger partial charge is 0.418 e. The number of anilines is 2. The van der Waals surface area contributed by atoms with Crippen LogP contribution in [-0.2, 0) is 12.7 Å². The van der Waals surface area contributed by atoms with Crippen molar-refractivity contribution in [1.29, 1.82) is 0 Å². The Kier molecular flexibility index (Phi) is 5.51. The van der Waals surface area contributed by atoms with Gasteiger partial charge in [-0.2, -0.15) is 13.2 Å². The normalized spacial score (nSPS) is 13.6. The van der Waals surface area contributed by atoms with Gasteiger partial charge in [0.05, 0.1) is 39.9 Å².